The molecule has 0 saturated carbocycles. The zero-order chi connectivity index (χ0) is 14.3. The number of carbonyl (C=O) groups excluding carboxylic acids is 1. The summed E-state index contributed by atoms with van der Waals surface area (Å²) in [6.07, 6.45) is 1.94. The minimum atomic E-state index is -0.789. The van der Waals surface area contributed by atoms with Crippen LogP contribution in [0.3, 0.4) is 0 Å². The highest BCUT2D eigenvalue weighted by Gasteiger charge is 2.19. The average Bonchev–Trinajstić information content (AvgIpc) is 2.31. The molecule has 19 heavy (non-hydrogen) atoms. The van der Waals surface area contributed by atoms with Crippen molar-refractivity contribution in [3.63, 3.8) is 0 Å². The lowest BCUT2D eigenvalue weighted by molar-refractivity contribution is -0.115. The second-order valence-corrected chi connectivity index (χ2v) is 5.76. The van der Waals surface area contributed by atoms with Crippen molar-refractivity contribution in [2.75, 3.05) is 30.4 Å². The minimum Gasteiger partial charge on any atom is -0.388 e. The van der Waals surface area contributed by atoms with Crippen molar-refractivity contribution < 1.29 is 9.90 Å². The number of aryl methyl sites for hydroxylation is 1. The first-order valence-corrected chi connectivity index (χ1v) is 7.61. The molecule has 4 nitrogen and oxygen atoms in total. The Labute approximate surface area is 119 Å². The smallest absolute Gasteiger partial charge is 0.238 e. The molecule has 0 heterocycles. The average molecular weight is 282 g/mol. The lowest BCUT2D eigenvalue weighted by Crippen LogP contribution is -2.42. The molecule has 1 aromatic carbocycles. The van der Waals surface area contributed by atoms with Gasteiger partial charge in [0.2, 0.25) is 5.91 Å². The maximum Gasteiger partial charge on any atom is 0.238 e. The Hall–Kier alpha value is -1.04. The number of hydrogen-bond donors (Lipinski definition) is 3. The van der Waals surface area contributed by atoms with Gasteiger partial charge >= 0.3 is 0 Å². The third-order valence-electron chi connectivity index (χ3n) is 2.67. The van der Waals surface area contributed by atoms with Crippen LogP contribution >= 0.6 is 11.8 Å². The molecule has 0 fully saturated rings. The van der Waals surface area contributed by atoms with Gasteiger partial charge in [-0.2, -0.15) is 11.8 Å². The van der Waals surface area contributed by atoms with E-state index in [0.717, 1.165) is 11.3 Å². The van der Waals surface area contributed by atoms with E-state index in [0.29, 0.717) is 12.3 Å². The highest BCUT2D eigenvalue weighted by atomic mass is 32.2. The fourth-order valence-electron chi connectivity index (χ4n) is 1.71. The summed E-state index contributed by atoms with van der Waals surface area (Å²) in [5, 5.41) is 15.8. The Bertz CT molecular complexity index is 422. The summed E-state index contributed by atoms with van der Waals surface area (Å²) in [6.45, 7) is 4.30. The zero-order valence-corrected chi connectivity index (χ0v) is 12.5. The summed E-state index contributed by atoms with van der Waals surface area (Å²) in [6, 6.07) is 7.64. The first-order chi connectivity index (χ1) is 8.94. The molecule has 106 valence electrons. The van der Waals surface area contributed by atoms with Crippen molar-refractivity contribution in [2.45, 2.75) is 19.4 Å². The predicted molar refractivity (Wildman–Crippen MR) is 81.7 cm³/mol. The molecule has 0 aliphatic rings. The number of rotatable bonds is 7. The van der Waals surface area contributed by atoms with Gasteiger partial charge < -0.3 is 15.7 Å². The van der Waals surface area contributed by atoms with Gasteiger partial charge in [-0.25, -0.2) is 0 Å². The molecule has 3 N–H and O–H groups in total. The largest absolute Gasteiger partial charge is 0.388 e. The molecule has 1 atom stereocenters. The lowest BCUT2D eigenvalue weighted by Gasteiger charge is -2.22. The van der Waals surface area contributed by atoms with Gasteiger partial charge in [0, 0.05) is 18.0 Å². The molecule has 1 aromatic rings. The molecule has 0 saturated heterocycles. The van der Waals surface area contributed by atoms with Crippen molar-refractivity contribution in [3.8, 4) is 0 Å². The van der Waals surface area contributed by atoms with Crippen LogP contribution in [-0.2, 0) is 4.79 Å². The number of nitrogens with one attached hydrogen (secondary N) is 2. The molecule has 0 spiro atoms. The van der Waals surface area contributed by atoms with Crippen molar-refractivity contribution in [1.82, 2.24) is 5.32 Å². The topological polar surface area (TPSA) is 61.4 Å². The first-order valence-electron chi connectivity index (χ1n) is 6.22. The van der Waals surface area contributed by atoms with E-state index in [1.807, 2.05) is 37.4 Å². The van der Waals surface area contributed by atoms with Crippen LogP contribution in [0.15, 0.2) is 24.3 Å². The molecule has 1 unspecified atom stereocenters. The van der Waals surface area contributed by atoms with E-state index in [1.165, 1.54) is 0 Å². The number of thioether (sulfide) groups is 1. The van der Waals surface area contributed by atoms with Gasteiger partial charge in [0.25, 0.3) is 0 Å². The van der Waals surface area contributed by atoms with Crippen molar-refractivity contribution in [3.05, 3.63) is 29.8 Å². The normalized spacial score (nSPS) is 13.9. The molecule has 0 aromatic heterocycles. The molecule has 1 rings (SSSR count). The third-order valence-corrected chi connectivity index (χ3v) is 3.58. The van der Waals surface area contributed by atoms with Gasteiger partial charge in [-0.05, 0) is 31.7 Å². The van der Waals surface area contributed by atoms with E-state index in [1.54, 1.807) is 18.7 Å². The van der Waals surface area contributed by atoms with Crippen LogP contribution in [0.4, 0.5) is 5.69 Å². The minimum absolute atomic E-state index is 0.103. The molecule has 0 radical (unpaired) electrons. The zero-order valence-electron chi connectivity index (χ0n) is 11.7. The summed E-state index contributed by atoms with van der Waals surface area (Å²) >= 11 is 1.58. The van der Waals surface area contributed by atoms with E-state index in [4.69, 9.17) is 0 Å². The summed E-state index contributed by atoms with van der Waals surface area (Å²) in [7, 11) is 0. The van der Waals surface area contributed by atoms with Crippen LogP contribution in [0, 0.1) is 6.92 Å². The monoisotopic (exact) mass is 282 g/mol. The van der Waals surface area contributed by atoms with E-state index in [9.17, 15) is 9.90 Å². The van der Waals surface area contributed by atoms with E-state index < -0.39 is 5.60 Å². The fourth-order valence-corrected chi connectivity index (χ4v) is 2.44. The Morgan fingerprint density at radius 2 is 2.11 bits per heavy atom. The Morgan fingerprint density at radius 3 is 2.74 bits per heavy atom. The van der Waals surface area contributed by atoms with Gasteiger partial charge in [-0.1, -0.05) is 18.2 Å². The molecule has 0 aliphatic heterocycles. The molecular formula is C14H22N2O2S. The van der Waals surface area contributed by atoms with Crippen molar-refractivity contribution >= 4 is 23.4 Å². The van der Waals surface area contributed by atoms with Gasteiger partial charge in [-0.3, -0.25) is 4.79 Å². The van der Waals surface area contributed by atoms with Gasteiger partial charge in [0.1, 0.15) is 0 Å². The Kier molecular flexibility index (Phi) is 6.34. The lowest BCUT2D eigenvalue weighted by atomic mass is 10.1. The number of anilines is 1. The van der Waals surface area contributed by atoms with Crippen molar-refractivity contribution in [1.29, 1.82) is 0 Å². The molecule has 5 heteroatoms. The van der Waals surface area contributed by atoms with Crippen molar-refractivity contribution in [2.24, 2.45) is 0 Å². The van der Waals surface area contributed by atoms with Crippen LogP contribution in [0.5, 0.6) is 0 Å². The number of aliphatic hydroxyl groups is 1. The number of para-hydroxylation sites is 1. The highest BCUT2D eigenvalue weighted by Crippen LogP contribution is 2.12. The summed E-state index contributed by atoms with van der Waals surface area (Å²) < 4.78 is 0. The second kappa shape index (κ2) is 7.53. The second-order valence-electron chi connectivity index (χ2n) is 4.90. The third kappa shape index (κ3) is 6.09. The summed E-state index contributed by atoms with van der Waals surface area (Å²) in [5.41, 5.74) is 1.07. The highest BCUT2D eigenvalue weighted by molar-refractivity contribution is 7.98. The standard InChI is InChI=1S/C14H22N2O2S/c1-11-6-4-5-7-12(11)16-13(17)8-15-9-14(2,18)10-19-3/h4-7,15,18H,8-10H2,1-3H3,(H,16,17). The van der Waals surface area contributed by atoms with Crippen LogP contribution < -0.4 is 10.6 Å². The Balaban J connectivity index is 2.35. The van der Waals surface area contributed by atoms with E-state index in [2.05, 4.69) is 10.6 Å². The molecular weight excluding hydrogens is 260 g/mol. The van der Waals surface area contributed by atoms with Crippen LogP contribution in [0.2, 0.25) is 0 Å². The SMILES string of the molecule is CSCC(C)(O)CNCC(=O)Nc1ccccc1C. The maximum absolute atomic E-state index is 11.7. The van der Waals surface area contributed by atoms with Crippen LogP contribution in [-0.4, -0.2) is 41.7 Å². The van der Waals surface area contributed by atoms with Gasteiger partial charge in [0.05, 0.1) is 12.1 Å². The number of benzene rings is 1. The van der Waals surface area contributed by atoms with Crippen LogP contribution in [0.1, 0.15) is 12.5 Å². The Morgan fingerprint density at radius 1 is 1.42 bits per heavy atom. The van der Waals surface area contributed by atoms with Gasteiger partial charge in [0.15, 0.2) is 0 Å². The van der Waals surface area contributed by atoms with E-state index >= 15 is 0 Å². The molecule has 1 amide bonds. The van der Waals surface area contributed by atoms with Crippen LogP contribution in [0.25, 0.3) is 0 Å². The van der Waals surface area contributed by atoms with Gasteiger partial charge in [-0.15, -0.1) is 0 Å². The first kappa shape index (κ1) is 16.0. The quantitative estimate of drug-likeness (QED) is 0.711. The maximum atomic E-state index is 11.7. The number of hydrogen-bond acceptors (Lipinski definition) is 4. The number of carbonyl (C=O) groups is 1. The predicted octanol–water partition coefficient (Wildman–Crippen LogP) is 1.64. The van der Waals surface area contributed by atoms with E-state index in [-0.39, 0.29) is 12.5 Å². The molecule has 0 aliphatic carbocycles. The number of amides is 1. The summed E-state index contributed by atoms with van der Waals surface area (Å²) in [4.78, 5) is 11.7. The fraction of sp³-hybridized carbons (Fsp3) is 0.500. The molecule has 0 bridgehead atoms. The summed E-state index contributed by atoms with van der Waals surface area (Å²) in [5.74, 6) is 0.536.